The fraction of sp³-hybridized carbons (Fsp3) is 0.455. The molecule has 2 aromatic carbocycles. The van der Waals surface area contributed by atoms with Crippen molar-refractivity contribution >= 4 is 0 Å². The second-order valence-electron chi connectivity index (χ2n) is 6.89. The smallest absolute Gasteiger partial charge is 0.161 e. The van der Waals surface area contributed by atoms with Gasteiger partial charge in [0.05, 0.1) is 20.3 Å². The predicted molar refractivity (Wildman–Crippen MR) is 104 cm³/mol. The van der Waals surface area contributed by atoms with Gasteiger partial charge in [-0.25, -0.2) is 0 Å². The van der Waals surface area contributed by atoms with Crippen LogP contribution in [0.3, 0.4) is 0 Å². The summed E-state index contributed by atoms with van der Waals surface area (Å²) in [5.74, 6) is 2.54. The number of hydrogen-bond donors (Lipinski definition) is 1. The lowest BCUT2D eigenvalue weighted by Crippen LogP contribution is -2.18. The Kier molecular flexibility index (Phi) is 6.40. The van der Waals surface area contributed by atoms with E-state index in [1.807, 2.05) is 18.2 Å². The molecule has 4 nitrogen and oxygen atoms in total. The Labute approximate surface area is 156 Å². The van der Waals surface area contributed by atoms with Gasteiger partial charge in [-0.15, -0.1) is 0 Å². The summed E-state index contributed by atoms with van der Waals surface area (Å²) in [5.41, 5.74) is 2.40. The average molecular weight is 355 g/mol. The normalized spacial score (nSPS) is 15.7. The maximum absolute atomic E-state index is 6.19. The van der Waals surface area contributed by atoms with E-state index in [-0.39, 0.29) is 6.04 Å². The molecule has 1 aliphatic carbocycles. The van der Waals surface area contributed by atoms with Crippen molar-refractivity contribution in [2.45, 2.75) is 51.3 Å². The van der Waals surface area contributed by atoms with Crippen molar-refractivity contribution < 1.29 is 14.2 Å². The van der Waals surface area contributed by atoms with Crippen LogP contribution in [0.5, 0.6) is 17.2 Å². The summed E-state index contributed by atoms with van der Waals surface area (Å²) >= 11 is 0. The Hall–Kier alpha value is -2.20. The zero-order chi connectivity index (χ0) is 18.4. The van der Waals surface area contributed by atoms with Crippen LogP contribution in [0.2, 0.25) is 0 Å². The number of hydrogen-bond acceptors (Lipinski definition) is 4. The van der Waals surface area contributed by atoms with Crippen molar-refractivity contribution in [1.82, 2.24) is 5.32 Å². The van der Waals surface area contributed by atoms with E-state index in [0.29, 0.717) is 6.10 Å². The number of ether oxygens (including phenoxy) is 3. The first-order chi connectivity index (χ1) is 12.7. The third-order valence-corrected chi connectivity index (χ3v) is 5.03. The minimum absolute atomic E-state index is 0.228. The zero-order valence-electron chi connectivity index (χ0n) is 16.0. The summed E-state index contributed by atoms with van der Waals surface area (Å²) in [6, 6.07) is 14.6. The first-order valence-electron chi connectivity index (χ1n) is 9.40. The fourth-order valence-electron chi connectivity index (χ4n) is 3.41. The minimum atomic E-state index is 0.228. The summed E-state index contributed by atoms with van der Waals surface area (Å²) in [6.45, 7) is 2.93. The van der Waals surface area contributed by atoms with E-state index in [0.717, 1.165) is 36.6 Å². The summed E-state index contributed by atoms with van der Waals surface area (Å²) < 4.78 is 17.0. The van der Waals surface area contributed by atoms with E-state index in [2.05, 4.69) is 36.5 Å². The first kappa shape index (κ1) is 18.6. The lowest BCUT2D eigenvalue weighted by molar-refractivity contribution is 0.200. The van der Waals surface area contributed by atoms with Gasteiger partial charge < -0.3 is 19.5 Å². The van der Waals surface area contributed by atoms with Gasteiger partial charge in [0.2, 0.25) is 0 Å². The van der Waals surface area contributed by atoms with Crippen molar-refractivity contribution in [3.05, 3.63) is 53.6 Å². The van der Waals surface area contributed by atoms with Gasteiger partial charge in [-0.3, -0.25) is 0 Å². The maximum atomic E-state index is 6.19. The van der Waals surface area contributed by atoms with Gasteiger partial charge in [0.15, 0.2) is 11.5 Å². The van der Waals surface area contributed by atoms with Crippen LogP contribution in [0.25, 0.3) is 0 Å². The molecule has 1 saturated carbocycles. The van der Waals surface area contributed by atoms with Gasteiger partial charge in [0.1, 0.15) is 5.75 Å². The van der Waals surface area contributed by atoms with Gasteiger partial charge in [-0.05, 0) is 68.0 Å². The van der Waals surface area contributed by atoms with Crippen molar-refractivity contribution in [1.29, 1.82) is 0 Å². The molecular weight excluding hydrogens is 326 g/mol. The lowest BCUT2D eigenvalue weighted by Gasteiger charge is -2.18. The Morgan fingerprint density at radius 3 is 2.54 bits per heavy atom. The van der Waals surface area contributed by atoms with Crippen LogP contribution >= 0.6 is 0 Å². The van der Waals surface area contributed by atoms with Gasteiger partial charge in [0.25, 0.3) is 0 Å². The maximum Gasteiger partial charge on any atom is 0.161 e. The molecule has 0 heterocycles. The van der Waals surface area contributed by atoms with Crippen LogP contribution < -0.4 is 19.5 Å². The standard InChI is InChI=1S/C22H29NO3/c1-16(18-7-6-10-20(14-18)24-2)23-15-17-11-12-21(25-3)22(13-17)26-19-8-4-5-9-19/h6-7,10-14,16,19,23H,4-5,8-9,15H2,1-3H3/t16-/m1/s1. The van der Waals surface area contributed by atoms with E-state index in [1.54, 1.807) is 14.2 Å². The fourth-order valence-corrected chi connectivity index (χ4v) is 3.41. The minimum Gasteiger partial charge on any atom is -0.497 e. The van der Waals surface area contributed by atoms with Crippen molar-refractivity contribution in [2.75, 3.05) is 14.2 Å². The molecule has 0 bridgehead atoms. The highest BCUT2D eigenvalue weighted by Gasteiger charge is 2.18. The largest absolute Gasteiger partial charge is 0.497 e. The zero-order valence-corrected chi connectivity index (χ0v) is 16.0. The molecule has 26 heavy (non-hydrogen) atoms. The number of benzene rings is 2. The molecule has 3 rings (SSSR count). The predicted octanol–water partition coefficient (Wildman–Crippen LogP) is 4.88. The van der Waals surface area contributed by atoms with Crippen LogP contribution in [0.1, 0.15) is 49.8 Å². The second-order valence-corrected chi connectivity index (χ2v) is 6.89. The highest BCUT2D eigenvalue weighted by atomic mass is 16.5. The van der Waals surface area contributed by atoms with Gasteiger partial charge in [0, 0.05) is 12.6 Å². The molecule has 0 amide bonds. The Bertz CT molecular complexity index is 710. The molecule has 140 valence electrons. The molecule has 0 spiro atoms. The Balaban J connectivity index is 1.65. The van der Waals surface area contributed by atoms with E-state index >= 15 is 0 Å². The summed E-state index contributed by atoms with van der Waals surface area (Å²) in [6.07, 6.45) is 5.11. The highest BCUT2D eigenvalue weighted by Crippen LogP contribution is 2.32. The molecule has 0 aliphatic heterocycles. The molecule has 0 radical (unpaired) electrons. The van der Waals surface area contributed by atoms with Crippen molar-refractivity contribution in [2.24, 2.45) is 0 Å². The molecular formula is C22H29NO3. The topological polar surface area (TPSA) is 39.7 Å². The van der Waals surface area contributed by atoms with E-state index < -0.39 is 0 Å². The van der Waals surface area contributed by atoms with E-state index in [4.69, 9.17) is 14.2 Å². The quantitative estimate of drug-likeness (QED) is 0.733. The van der Waals surface area contributed by atoms with Crippen molar-refractivity contribution in [3.8, 4) is 17.2 Å². The Morgan fingerprint density at radius 2 is 1.81 bits per heavy atom. The molecule has 1 aliphatic rings. The van der Waals surface area contributed by atoms with Crippen LogP contribution in [-0.4, -0.2) is 20.3 Å². The van der Waals surface area contributed by atoms with Crippen molar-refractivity contribution in [3.63, 3.8) is 0 Å². The molecule has 1 atom stereocenters. The number of nitrogens with one attached hydrogen (secondary N) is 1. The van der Waals surface area contributed by atoms with Gasteiger partial charge in [-0.2, -0.15) is 0 Å². The lowest BCUT2D eigenvalue weighted by atomic mass is 10.1. The third kappa shape index (κ3) is 4.70. The SMILES string of the molecule is COc1cccc([C@@H](C)NCc2ccc(OC)c(OC3CCCC3)c2)c1. The van der Waals surface area contributed by atoms with Crippen LogP contribution in [0, 0.1) is 0 Å². The highest BCUT2D eigenvalue weighted by molar-refractivity contribution is 5.43. The molecule has 1 fully saturated rings. The summed E-state index contributed by atoms with van der Waals surface area (Å²) in [4.78, 5) is 0. The third-order valence-electron chi connectivity index (χ3n) is 5.03. The van der Waals surface area contributed by atoms with Crippen LogP contribution in [0.4, 0.5) is 0 Å². The molecule has 2 aromatic rings. The first-order valence-corrected chi connectivity index (χ1v) is 9.40. The number of rotatable bonds is 8. The average Bonchev–Trinajstić information content (AvgIpc) is 3.19. The van der Waals surface area contributed by atoms with E-state index in [9.17, 15) is 0 Å². The molecule has 0 unspecified atom stereocenters. The van der Waals surface area contributed by atoms with Gasteiger partial charge in [-0.1, -0.05) is 18.2 Å². The Morgan fingerprint density at radius 1 is 1.00 bits per heavy atom. The molecule has 0 aromatic heterocycles. The monoisotopic (exact) mass is 355 g/mol. The summed E-state index contributed by atoms with van der Waals surface area (Å²) in [5, 5.41) is 3.57. The van der Waals surface area contributed by atoms with Crippen LogP contribution in [-0.2, 0) is 6.54 Å². The van der Waals surface area contributed by atoms with E-state index in [1.165, 1.54) is 24.0 Å². The number of methoxy groups -OCH3 is 2. The van der Waals surface area contributed by atoms with Crippen LogP contribution in [0.15, 0.2) is 42.5 Å². The molecule has 1 N–H and O–H groups in total. The van der Waals surface area contributed by atoms with Gasteiger partial charge >= 0.3 is 0 Å². The second kappa shape index (κ2) is 8.95. The molecule has 0 saturated heterocycles. The summed E-state index contributed by atoms with van der Waals surface area (Å²) in [7, 11) is 3.39. The molecule has 4 heteroatoms.